The number of hydrogen-bond acceptors (Lipinski definition) is 9. The van der Waals surface area contributed by atoms with Crippen molar-refractivity contribution in [3.05, 3.63) is 111 Å². The van der Waals surface area contributed by atoms with Crippen LogP contribution in [0.2, 0.25) is 0 Å². The molecular weight excluding hydrogens is 568 g/mol. The SMILES string of the molecule is COC(=O)c1sc(N2C(=O)C(=O)C(=C(O)c3ccc4c(c3)CC(C)O4)C2c2ccc(OCc3ccccc3)cc2)nc1C. The maximum absolute atomic E-state index is 13.6. The number of Topliss-reactive ketones (excluding diaryl/α,β-unsaturated/α-hetero) is 1. The number of ketones is 1. The number of methoxy groups -OCH3 is 1. The van der Waals surface area contributed by atoms with E-state index in [0.29, 0.717) is 35.6 Å². The first-order valence-electron chi connectivity index (χ1n) is 13.7. The summed E-state index contributed by atoms with van der Waals surface area (Å²) in [5.41, 5.74) is 3.15. The van der Waals surface area contributed by atoms with Gasteiger partial charge < -0.3 is 19.3 Å². The minimum Gasteiger partial charge on any atom is -0.507 e. The Bertz CT molecular complexity index is 1760. The average molecular weight is 597 g/mol. The van der Waals surface area contributed by atoms with Crippen LogP contribution in [-0.2, 0) is 27.4 Å². The van der Waals surface area contributed by atoms with Crippen LogP contribution in [0.1, 0.15) is 50.6 Å². The topological polar surface area (TPSA) is 115 Å². The van der Waals surface area contributed by atoms with Gasteiger partial charge in [-0.2, -0.15) is 0 Å². The van der Waals surface area contributed by atoms with Crippen LogP contribution in [-0.4, -0.2) is 41.0 Å². The molecule has 1 amide bonds. The number of fused-ring (bicyclic) bond motifs is 1. The van der Waals surface area contributed by atoms with E-state index in [1.165, 1.54) is 12.0 Å². The van der Waals surface area contributed by atoms with E-state index in [-0.39, 0.29) is 27.4 Å². The first-order valence-corrected chi connectivity index (χ1v) is 14.5. The van der Waals surface area contributed by atoms with E-state index >= 15 is 0 Å². The lowest BCUT2D eigenvalue weighted by Crippen LogP contribution is -2.29. The number of thiazole rings is 1. The maximum Gasteiger partial charge on any atom is 0.350 e. The van der Waals surface area contributed by atoms with Crippen molar-refractivity contribution in [3.8, 4) is 11.5 Å². The number of carbonyl (C=O) groups excluding carboxylic acids is 3. The quantitative estimate of drug-likeness (QED) is 0.124. The van der Waals surface area contributed by atoms with Crippen LogP contribution in [0.15, 0.2) is 78.4 Å². The molecule has 2 unspecified atom stereocenters. The Morgan fingerprint density at radius 2 is 1.84 bits per heavy atom. The molecule has 0 saturated carbocycles. The molecule has 1 saturated heterocycles. The number of rotatable bonds is 7. The van der Waals surface area contributed by atoms with E-state index < -0.39 is 23.7 Å². The second-order valence-electron chi connectivity index (χ2n) is 10.4. The number of aliphatic hydroxyl groups excluding tert-OH is 1. The molecule has 218 valence electrons. The van der Waals surface area contributed by atoms with Gasteiger partial charge in [-0.05, 0) is 60.9 Å². The molecular formula is C33H28N2O7S. The van der Waals surface area contributed by atoms with Crippen molar-refractivity contribution in [2.75, 3.05) is 12.0 Å². The number of esters is 1. The summed E-state index contributed by atoms with van der Waals surface area (Å²) in [5.74, 6) is -1.30. The highest BCUT2D eigenvalue weighted by atomic mass is 32.1. The van der Waals surface area contributed by atoms with Crippen molar-refractivity contribution in [1.82, 2.24) is 4.98 Å². The van der Waals surface area contributed by atoms with E-state index in [1.54, 1.807) is 49.4 Å². The van der Waals surface area contributed by atoms with E-state index in [4.69, 9.17) is 14.2 Å². The Morgan fingerprint density at radius 1 is 1.09 bits per heavy atom. The number of aromatic nitrogens is 1. The summed E-state index contributed by atoms with van der Waals surface area (Å²) in [6.45, 7) is 3.95. The van der Waals surface area contributed by atoms with Gasteiger partial charge in [-0.1, -0.05) is 53.8 Å². The highest BCUT2D eigenvalue weighted by Crippen LogP contribution is 2.44. The number of aryl methyl sites for hydroxylation is 1. The van der Waals surface area contributed by atoms with Gasteiger partial charge in [0.25, 0.3) is 5.78 Å². The molecule has 3 heterocycles. The summed E-state index contributed by atoms with van der Waals surface area (Å²) >= 11 is 0.950. The predicted molar refractivity (Wildman–Crippen MR) is 160 cm³/mol. The zero-order chi connectivity index (χ0) is 30.2. The minimum absolute atomic E-state index is 0.00208. The number of anilines is 1. The number of nitrogens with zero attached hydrogens (tertiary/aromatic N) is 2. The maximum atomic E-state index is 13.6. The lowest BCUT2D eigenvalue weighted by atomic mass is 9.94. The van der Waals surface area contributed by atoms with Gasteiger partial charge in [0, 0.05) is 12.0 Å². The lowest BCUT2D eigenvalue weighted by molar-refractivity contribution is -0.132. The van der Waals surface area contributed by atoms with Crippen molar-refractivity contribution < 1.29 is 33.7 Å². The monoisotopic (exact) mass is 596 g/mol. The molecule has 2 aliphatic heterocycles. The van der Waals surface area contributed by atoms with Gasteiger partial charge in [0.1, 0.15) is 34.8 Å². The number of carbonyl (C=O) groups is 3. The zero-order valence-electron chi connectivity index (χ0n) is 23.7. The Balaban J connectivity index is 1.42. The van der Waals surface area contributed by atoms with Gasteiger partial charge in [0.2, 0.25) is 0 Å². The Kier molecular flexibility index (Phi) is 7.45. The molecule has 4 aromatic rings. The van der Waals surface area contributed by atoms with Gasteiger partial charge in [-0.3, -0.25) is 14.5 Å². The van der Waals surface area contributed by atoms with Gasteiger partial charge in [0.15, 0.2) is 5.13 Å². The van der Waals surface area contributed by atoms with Crippen LogP contribution in [0.3, 0.4) is 0 Å². The summed E-state index contributed by atoms with van der Waals surface area (Å²) < 4.78 is 16.6. The van der Waals surface area contributed by atoms with Crippen LogP contribution in [0.5, 0.6) is 11.5 Å². The molecule has 1 N–H and O–H groups in total. The molecule has 2 aliphatic rings. The molecule has 0 aliphatic carbocycles. The van der Waals surface area contributed by atoms with Crippen LogP contribution in [0, 0.1) is 6.92 Å². The van der Waals surface area contributed by atoms with Crippen molar-refractivity contribution in [3.63, 3.8) is 0 Å². The van der Waals surface area contributed by atoms with Crippen LogP contribution < -0.4 is 14.4 Å². The minimum atomic E-state index is -1.01. The van der Waals surface area contributed by atoms with Crippen LogP contribution >= 0.6 is 11.3 Å². The van der Waals surface area contributed by atoms with E-state index in [1.807, 2.05) is 37.3 Å². The highest BCUT2D eigenvalue weighted by Gasteiger charge is 2.48. The molecule has 0 radical (unpaired) electrons. The van der Waals surface area contributed by atoms with Crippen molar-refractivity contribution >= 4 is 39.9 Å². The third-order valence-electron chi connectivity index (χ3n) is 7.42. The number of benzene rings is 3. The predicted octanol–water partition coefficient (Wildman–Crippen LogP) is 5.77. The molecule has 1 fully saturated rings. The van der Waals surface area contributed by atoms with Crippen LogP contribution in [0.25, 0.3) is 5.76 Å². The number of amides is 1. The second kappa shape index (κ2) is 11.4. The van der Waals surface area contributed by atoms with E-state index in [9.17, 15) is 19.5 Å². The molecule has 1 aromatic heterocycles. The normalized spacial score (nSPS) is 18.8. The smallest absolute Gasteiger partial charge is 0.350 e. The van der Waals surface area contributed by atoms with Crippen molar-refractivity contribution in [2.45, 2.75) is 39.0 Å². The first kappa shape index (κ1) is 28.2. The molecule has 6 rings (SSSR count). The van der Waals surface area contributed by atoms with Gasteiger partial charge >= 0.3 is 11.9 Å². The lowest BCUT2D eigenvalue weighted by Gasteiger charge is -2.23. The number of ether oxygens (including phenoxy) is 3. The molecule has 0 bridgehead atoms. The number of aliphatic hydroxyl groups is 1. The Labute approximate surface area is 252 Å². The van der Waals surface area contributed by atoms with E-state index in [2.05, 4.69) is 4.98 Å². The average Bonchev–Trinajstić information content (AvgIpc) is 3.67. The summed E-state index contributed by atoms with van der Waals surface area (Å²) in [7, 11) is 1.26. The summed E-state index contributed by atoms with van der Waals surface area (Å²) in [6, 6.07) is 20.9. The standard InChI is InChI=1S/C33H28N2O7S/c1-18-15-23-16-22(11-14-25(23)42-18)28(36)26-27(21-9-12-24(13-10-21)41-17-20-7-5-4-6-8-20)35(31(38)29(26)37)33-34-19(2)30(43-33)32(39)40-3/h4-14,16,18,27,36H,15,17H2,1-3H3. The van der Waals surface area contributed by atoms with E-state index in [0.717, 1.165) is 28.2 Å². The van der Waals surface area contributed by atoms with Gasteiger partial charge in [0.05, 0.1) is 24.4 Å². The number of hydrogen-bond donors (Lipinski definition) is 1. The fourth-order valence-corrected chi connectivity index (χ4v) is 6.34. The summed E-state index contributed by atoms with van der Waals surface area (Å²) in [4.78, 5) is 45.4. The Hall–Kier alpha value is -4.96. The Morgan fingerprint density at radius 3 is 2.56 bits per heavy atom. The third kappa shape index (κ3) is 5.25. The largest absolute Gasteiger partial charge is 0.507 e. The fourth-order valence-electron chi connectivity index (χ4n) is 5.32. The molecule has 0 spiro atoms. The zero-order valence-corrected chi connectivity index (χ0v) is 24.5. The fraction of sp³-hybridized carbons (Fsp3) is 0.212. The highest BCUT2D eigenvalue weighted by molar-refractivity contribution is 7.17. The molecule has 43 heavy (non-hydrogen) atoms. The second-order valence-corrected chi connectivity index (χ2v) is 11.3. The van der Waals surface area contributed by atoms with Crippen LogP contribution in [0.4, 0.5) is 5.13 Å². The molecule has 9 nitrogen and oxygen atoms in total. The van der Waals surface area contributed by atoms with Gasteiger partial charge in [-0.25, -0.2) is 9.78 Å². The molecule has 10 heteroatoms. The van der Waals surface area contributed by atoms with Crippen molar-refractivity contribution in [1.29, 1.82) is 0 Å². The van der Waals surface area contributed by atoms with Crippen molar-refractivity contribution in [2.24, 2.45) is 0 Å². The molecule has 2 atom stereocenters. The summed E-state index contributed by atoms with van der Waals surface area (Å²) in [5, 5.41) is 11.7. The first-order chi connectivity index (χ1) is 20.7. The summed E-state index contributed by atoms with van der Waals surface area (Å²) in [6.07, 6.45) is 0.658. The van der Waals surface area contributed by atoms with Gasteiger partial charge in [-0.15, -0.1) is 0 Å². The molecule has 3 aromatic carbocycles. The third-order valence-corrected chi connectivity index (χ3v) is 8.56.